The second kappa shape index (κ2) is 7.08. The van der Waals surface area contributed by atoms with Gasteiger partial charge in [0, 0.05) is 6.54 Å². The van der Waals surface area contributed by atoms with Crippen molar-refractivity contribution in [1.29, 1.82) is 0 Å². The summed E-state index contributed by atoms with van der Waals surface area (Å²) in [6.07, 6.45) is 4.77. The molecule has 4 rings (SSSR count). The summed E-state index contributed by atoms with van der Waals surface area (Å²) in [5.41, 5.74) is 0.757. The maximum Gasteiger partial charge on any atom is 0.311 e. The molecular formula is C21H24FNO4. The number of ether oxygens (including phenoxy) is 2. The van der Waals surface area contributed by atoms with Gasteiger partial charge in [0.2, 0.25) is 5.91 Å². The summed E-state index contributed by atoms with van der Waals surface area (Å²) in [4.78, 5) is 27.7. The zero-order valence-electron chi connectivity index (χ0n) is 15.5. The van der Waals surface area contributed by atoms with Crippen molar-refractivity contribution in [1.82, 2.24) is 4.90 Å². The van der Waals surface area contributed by atoms with Crippen molar-refractivity contribution in [2.45, 2.75) is 51.0 Å². The zero-order chi connectivity index (χ0) is 19.1. The first-order valence-corrected chi connectivity index (χ1v) is 9.54. The molecule has 27 heavy (non-hydrogen) atoms. The van der Waals surface area contributed by atoms with Gasteiger partial charge < -0.3 is 14.4 Å². The molecule has 0 saturated carbocycles. The number of esters is 1. The van der Waals surface area contributed by atoms with E-state index in [-0.39, 0.29) is 41.9 Å². The van der Waals surface area contributed by atoms with Crippen molar-refractivity contribution in [3.05, 3.63) is 47.8 Å². The van der Waals surface area contributed by atoms with Gasteiger partial charge in [-0.2, -0.15) is 0 Å². The highest BCUT2D eigenvalue weighted by atomic mass is 19.1. The number of hydrogen-bond donors (Lipinski definition) is 0. The smallest absolute Gasteiger partial charge is 0.311 e. The summed E-state index contributed by atoms with van der Waals surface area (Å²) in [7, 11) is 0. The van der Waals surface area contributed by atoms with Crippen LogP contribution in [0.5, 0.6) is 0 Å². The second-order valence-corrected chi connectivity index (χ2v) is 7.78. The van der Waals surface area contributed by atoms with E-state index in [1.165, 1.54) is 12.1 Å². The van der Waals surface area contributed by atoms with Gasteiger partial charge in [0.05, 0.1) is 36.2 Å². The van der Waals surface area contributed by atoms with Gasteiger partial charge in [0.25, 0.3) is 0 Å². The van der Waals surface area contributed by atoms with Crippen molar-refractivity contribution in [3.8, 4) is 0 Å². The van der Waals surface area contributed by atoms with E-state index in [4.69, 9.17) is 9.47 Å². The first kappa shape index (κ1) is 18.2. The Balaban J connectivity index is 1.61. The fourth-order valence-corrected chi connectivity index (χ4v) is 4.41. The van der Waals surface area contributed by atoms with E-state index in [9.17, 15) is 14.0 Å². The third kappa shape index (κ3) is 3.38. The lowest BCUT2D eigenvalue weighted by atomic mass is 9.90. The minimum Gasteiger partial charge on any atom is -0.463 e. The molecule has 2 fully saturated rings. The average molecular weight is 373 g/mol. The lowest BCUT2D eigenvalue weighted by molar-refractivity contribution is -0.154. The zero-order valence-corrected chi connectivity index (χ0v) is 15.5. The Labute approximate surface area is 158 Å². The normalized spacial score (nSPS) is 31.7. The minimum atomic E-state index is -0.447. The van der Waals surface area contributed by atoms with Crippen LogP contribution in [0.4, 0.5) is 4.39 Å². The SMILES string of the molecule is CC(C)OC(=O)[C@@H]1CCN(C(=O)C2CC3C=CC2O3)[C@@H]1c1ccc(F)cc1. The number of nitrogens with zero attached hydrogens (tertiary/aromatic N) is 1. The molecule has 3 aliphatic heterocycles. The van der Waals surface area contributed by atoms with Crippen molar-refractivity contribution in [3.63, 3.8) is 0 Å². The van der Waals surface area contributed by atoms with Crippen LogP contribution < -0.4 is 0 Å². The summed E-state index contributed by atoms with van der Waals surface area (Å²) in [5, 5.41) is 0. The van der Waals surface area contributed by atoms with Crippen molar-refractivity contribution < 1.29 is 23.5 Å². The molecule has 3 aliphatic rings. The third-order valence-corrected chi connectivity index (χ3v) is 5.59. The average Bonchev–Trinajstić information content (AvgIpc) is 3.36. The summed E-state index contributed by atoms with van der Waals surface area (Å²) < 4.78 is 24.6. The van der Waals surface area contributed by atoms with Crippen molar-refractivity contribution in [2.24, 2.45) is 11.8 Å². The van der Waals surface area contributed by atoms with Gasteiger partial charge in [-0.15, -0.1) is 0 Å². The van der Waals surface area contributed by atoms with E-state index in [2.05, 4.69) is 0 Å². The van der Waals surface area contributed by atoms with E-state index in [0.717, 1.165) is 5.56 Å². The fourth-order valence-electron chi connectivity index (χ4n) is 4.41. The number of halogens is 1. The van der Waals surface area contributed by atoms with Crippen LogP contribution in [0.2, 0.25) is 0 Å². The number of likely N-dealkylation sites (tertiary alicyclic amines) is 1. The largest absolute Gasteiger partial charge is 0.463 e. The summed E-state index contributed by atoms with van der Waals surface area (Å²) >= 11 is 0. The van der Waals surface area contributed by atoms with Gasteiger partial charge in [-0.05, 0) is 44.4 Å². The van der Waals surface area contributed by atoms with Gasteiger partial charge in [-0.3, -0.25) is 9.59 Å². The molecule has 0 aliphatic carbocycles. The predicted octanol–water partition coefficient (Wildman–Crippen LogP) is 3.01. The summed E-state index contributed by atoms with van der Waals surface area (Å²) in [6, 6.07) is 5.60. The monoisotopic (exact) mass is 373 g/mol. The van der Waals surface area contributed by atoms with Crippen LogP contribution in [0.3, 0.4) is 0 Å². The first-order chi connectivity index (χ1) is 12.9. The van der Waals surface area contributed by atoms with Gasteiger partial charge in [0.15, 0.2) is 0 Å². The number of carbonyl (C=O) groups is 2. The highest BCUT2D eigenvalue weighted by Gasteiger charge is 2.48. The Morgan fingerprint density at radius 3 is 2.52 bits per heavy atom. The predicted molar refractivity (Wildman–Crippen MR) is 96.1 cm³/mol. The Kier molecular flexibility index (Phi) is 4.76. The quantitative estimate of drug-likeness (QED) is 0.601. The molecule has 1 aromatic rings. The highest BCUT2D eigenvalue weighted by Crippen LogP contribution is 2.42. The van der Waals surface area contributed by atoms with Crippen molar-refractivity contribution >= 4 is 11.9 Å². The molecule has 0 spiro atoms. The minimum absolute atomic E-state index is 0.000946. The highest BCUT2D eigenvalue weighted by molar-refractivity contribution is 5.83. The van der Waals surface area contributed by atoms with Crippen LogP contribution in [0, 0.1) is 17.7 Å². The molecule has 1 aromatic carbocycles. The van der Waals surface area contributed by atoms with Crippen molar-refractivity contribution in [2.75, 3.05) is 6.54 Å². The number of carbonyl (C=O) groups excluding carboxylic acids is 2. The standard InChI is InChI=1S/C21H24FNO4/c1-12(2)26-21(25)16-9-10-23(19(16)13-3-5-14(22)6-4-13)20(24)17-11-15-7-8-18(17)27-15/h3-8,12,15-19H,9-11H2,1-2H3/t15?,16-,17?,18?,19-/m1/s1. The molecule has 144 valence electrons. The molecule has 6 heteroatoms. The van der Waals surface area contributed by atoms with E-state index in [0.29, 0.717) is 19.4 Å². The van der Waals surface area contributed by atoms with E-state index in [1.807, 2.05) is 26.0 Å². The Hall–Kier alpha value is -2.21. The van der Waals surface area contributed by atoms with Crippen LogP contribution in [-0.4, -0.2) is 41.6 Å². The molecular weight excluding hydrogens is 349 g/mol. The fraction of sp³-hybridized carbons (Fsp3) is 0.524. The summed E-state index contributed by atoms with van der Waals surface area (Å²) in [6.45, 7) is 4.10. The number of hydrogen-bond acceptors (Lipinski definition) is 4. The Bertz CT molecular complexity index is 760. The molecule has 3 unspecified atom stereocenters. The molecule has 0 radical (unpaired) electrons. The Morgan fingerprint density at radius 2 is 1.93 bits per heavy atom. The lowest BCUT2D eigenvalue weighted by Gasteiger charge is -2.31. The van der Waals surface area contributed by atoms with Gasteiger partial charge in [-0.25, -0.2) is 4.39 Å². The number of benzene rings is 1. The molecule has 3 heterocycles. The van der Waals surface area contributed by atoms with Crippen LogP contribution in [0.15, 0.2) is 36.4 Å². The lowest BCUT2D eigenvalue weighted by Crippen LogP contribution is -2.40. The molecule has 2 saturated heterocycles. The molecule has 0 aromatic heterocycles. The van der Waals surface area contributed by atoms with Crippen LogP contribution in [0.1, 0.15) is 38.3 Å². The number of rotatable bonds is 4. The number of fused-ring (bicyclic) bond motifs is 2. The Morgan fingerprint density at radius 1 is 1.19 bits per heavy atom. The van der Waals surface area contributed by atoms with E-state index < -0.39 is 12.0 Å². The van der Waals surface area contributed by atoms with Crippen LogP contribution in [0.25, 0.3) is 0 Å². The van der Waals surface area contributed by atoms with Crippen LogP contribution >= 0.6 is 0 Å². The third-order valence-electron chi connectivity index (χ3n) is 5.59. The summed E-state index contributed by atoms with van der Waals surface area (Å²) in [5.74, 6) is -1.32. The molecule has 2 bridgehead atoms. The molecule has 5 atom stereocenters. The first-order valence-electron chi connectivity index (χ1n) is 9.54. The topological polar surface area (TPSA) is 55.8 Å². The van der Waals surface area contributed by atoms with E-state index in [1.54, 1.807) is 17.0 Å². The molecule has 1 amide bonds. The molecule has 5 nitrogen and oxygen atoms in total. The maximum absolute atomic E-state index is 13.4. The second-order valence-electron chi connectivity index (χ2n) is 7.78. The van der Waals surface area contributed by atoms with Crippen LogP contribution in [-0.2, 0) is 19.1 Å². The van der Waals surface area contributed by atoms with Gasteiger partial charge in [0.1, 0.15) is 5.82 Å². The van der Waals surface area contributed by atoms with E-state index >= 15 is 0 Å². The van der Waals surface area contributed by atoms with Gasteiger partial charge in [-0.1, -0.05) is 24.3 Å². The van der Waals surface area contributed by atoms with Gasteiger partial charge >= 0.3 is 5.97 Å². The number of amides is 1. The molecule has 0 N–H and O–H groups in total. The maximum atomic E-state index is 13.4.